The van der Waals surface area contributed by atoms with E-state index in [0.29, 0.717) is 17.8 Å². The summed E-state index contributed by atoms with van der Waals surface area (Å²) in [4.78, 5) is 25.9. The molecule has 2 aromatic carbocycles. The van der Waals surface area contributed by atoms with Crippen molar-refractivity contribution in [2.24, 2.45) is 0 Å². The summed E-state index contributed by atoms with van der Waals surface area (Å²) < 4.78 is 33.1. The Labute approximate surface area is 180 Å². The molecule has 0 aliphatic carbocycles. The molecule has 0 unspecified atom stereocenters. The van der Waals surface area contributed by atoms with E-state index in [1.165, 1.54) is 6.07 Å². The summed E-state index contributed by atoms with van der Waals surface area (Å²) in [5.41, 5.74) is 2.58. The average Bonchev–Trinajstić information content (AvgIpc) is 2.69. The normalized spacial score (nSPS) is 10.7. The van der Waals surface area contributed by atoms with Crippen LogP contribution in [0.1, 0.15) is 16.8 Å². The van der Waals surface area contributed by atoms with Crippen LogP contribution in [0.5, 0.6) is 5.75 Å². The number of carbonyl (C=O) groups excluding carboxylic acids is 1. The number of benzene rings is 2. The molecule has 2 N–H and O–H groups in total. The first kappa shape index (κ1) is 21.7. The molecule has 0 saturated carbocycles. The lowest BCUT2D eigenvalue weighted by Crippen LogP contribution is -2.19. The zero-order valence-electron chi connectivity index (χ0n) is 16.0. The molecular formula is C22H18BrF2N2O3. The molecule has 1 radical (unpaired) electrons. The quantitative estimate of drug-likeness (QED) is 0.554. The van der Waals surface area contributed by atoms with Crippen molar-refractivity contribution in [1.29, 1.82) is 0 Å². The number of halogens is 3. The third-order valence-electron chi connectivity index (χ3n) is 4.42. The van der Waals surface area contributed by atoms with Crippen LogP contribution in [0.25, 0.3) is 11.1 Å². The molecule has 3 rings (SSSR count). The number of H-pyrrole nitrogens is 1. The van der Waals surface area contributed by atoms with Crippen molar-refractivity contribution in [3.05, 3.63) is 92.7 Å². The van der Waals surface area contributed by atoms with Crippen LogP contribution < -0.4 is 15.6 Å². The minimum Gasteiger partial charge on any atom is -0.487 e. The van der Waals surface area contributed by atoms with Crippen molar-refractivity contribution in [2.75, 3.05) is 0 Å². The van der Waals surface area contributed by atoms with Crippen LogP contribution >= 0.6 is 15.9 Å². The van der Waals surface area contributed by atoms with Crippen molar-refractivity contribution >= 4 is 21.8 Å². The minimum atomic E-state index is -0.731. The maximum atomic E-state index is 14.0. The lowest BCUT2D eigenvalue weighted by Gasteiger charge is -2.16. The van der Waals surface area contributed by atoms with E-state index in [4.69, 9.17) is 4.74 Å². The third kappa shape index (κ3) is 4.94. The van der Waals surface area contributed by atoms with Crippen molar-refractivity contribution < 1.29 is 18.3 Å². The summed E-state index contributed by atoms with van der Waals surface area (Å²) in [6, 6.07) is 10.5. The monoisotopic (exact) mass is 475 g/mol. The standard InChI is InChI=1S/C22H18BrF2N2O3/c1-12-19(15-5-3-14(4-6-15)10-26-13(2)28)21(20(23)22(29)27-12)30-11-16-7-8-17(24)9-18(16)25/h3-9H,2,10-11H2,1H3,(H,26,28)(H,27,29). The molecule has 1 amide bonds. The summed E-state index contributed by atoms with van der Waals surface area (Å²) in [7, 11) is 0. The van der Waals surface area contributed by atoms with E-state index in [1.54, 1.807) is 6.92 Å². The van der Waals surface area contributed by atoms with Gasteiger partial charge >= 0.3 is 0 Å². The molecule has 0 saturated heterocycles. The molecule has 0 aliphatic rings. The van der Waals surface area contributed by atoms with Crippen molar-refractivity contribution in [2.45, 2.75) is 20.1 Å². The predicted molar refractivity (Wildman–Crippen MR) is 113 cm³/mol. The topological polar surface area (TPSA) is 71.2 Å². The highest BCUT2D eigenvalue weighted by Crippen LogP contribution is 2.37. The van der Waals surface area contributed by atoms with Gasteiger partial charge in [-0.1, -0.05) is 24.3 Å². The van der Waals surface area contributed by atoms with Crippen LogP contribution in [0.3, 0.4) is 0 Å². The minimum absolute atomic E-state index is 0.159. The second-order valence-electron chi connectivity index (χ2n) is 6.60. The van der Waals surface area contributed by atoms with Crippen molar-refractivity contribution in [3.8, 4) is 16.9 Å². The molecule has 0 bridgehead atoms. The number of amides is 1. The molecule has 0 atom stereocenters. The number of aromatic amines is 1. The molecule has 155 valence electrons. The Morgan fingerprint density at radius 3 is 2.53 bits per heavy atom. The molecule has 8 heteroatoms. The van der Waals surface area contributed by atoms with E-state index >= 15 is 0 Å². The number of pyridine rings is 1. The van der Waals surface area contributed by atoms with Crippen molar-refractivity contribution in [1.82, 2.24) is 10.3 Å². The summed E-state index contributed by atoms with van der Waals surface area (Å²) in [5.74, 6) is -1.53. The van der Waals surface area contributed by atoms with Gasteiger partial charge in [-0.3, -0.25) is 9.59 Å². The maximum absolute atomic E-state index is 14.0. The number of carbonyl (C=O) groups is 1. The van der Waals surface area contributed by atoms with Crippen LogP contribution in [0.15, 0.2) is 51.7 Å². The molecular weight excluding hydrogens is 458 g/mol. The largest absolute Gasteiger partial charge is 0.487 e. The van der Waals surface area contributed by atoms with Gasteiger partial charge in [-0.2, -0.15) is 0 Å². The molecule has 0 aliphatic heterocycles. The Balaban J connectivity index is 1.95. The van der Waals surface area contributed by atoms with Gasteiger partial charge in [-0.15, -0.1) is 0 Å². The first-order valence-corrected chi connectivity index (χ1v) is 9.73. The van der Waals surface area contributed by atoms with Gasteiger partial charge in [0.25, 0.3) is 5.56 Å². The van der Waals surface area contributed by atoms with E-state index in [0.717, 1.165) is 23.3 Å². The average molecular weight is 476 g/mol. The van der Waals surface area contributed by atoms with Crippen LogP contribution in [-0.4, -0.2) is 10.9 Å². The van der Waals surface area contributed by atoms with Gasteiger partial charge in [0.2, 0.25) is 5.91 Å². The summed E-state index contributed by atoms with van der Waals surface area (Å²) in [5, 5.41) is 2.62. The van der Waals surface area contributed by atoms with Gasteiger partial charge in [0.05, 0.1) is 0 Å². The van der Waals surface area contributed by atoms with Gasteiger partial charge in [0.1, 0.15) is 28.5 Å². The predicted octanol–water partition coefficient (Wildman–Crippen LogP) is 4.42. The summed E-state index contributed by atoms with van der Waals surface area (Å²) >= 11 is 3.24. The maximum Gasteiger partial charge on any atom is 0.266 e. The SMILES string of the molecule is [CH2]C(=O)NCc1ccc(-c2c(C)[nH]c(=O)c(Br)c2OCc2ccc(F)cc2F)cc1. The highest BCUT2D eigenvalue weighted by Gasteiger charge is 2.18. The zero-order valence-corrected chi connectivity index (χ0v) is 17.6. The van der Waals surface area contributed by atoms with Gasteiger partial charge in [0, 0.05) is 36.4 Å². The van der Waals surface area contributed by atoms with Crippen LogP contribution in [0, 0.1) is 25.5 Å². The number of ether oxygens (including phenoxy) is 1. The lowest BCUT2D eigenvalue weighted by molar-refractivity contribution is -0.116. The Morgan fingerprint density at radius 2 is 1.90 bits per heavy atom. The summed E-state index contributed by atoms with van der Waals surface area (Å²) in [6.45, 7) is 5.14. The first-order valence-electron chi connectivity index (χ1n) is 8.94. The highest BCUT2D eigenvalue weighted by atomic mass is 79.9. The van der Waals surface area contributed by atoms with E-state index in [-0.39, 0.29) is 33.9 Å². The van der Waals surface area contributed by atoms with Gasteiger partial charge in [-0.25, -0.2) is 8.78 Å². The Bertz CT molecular complexity index is 1140. The molecule has 0 fully saturated rings. The van der Waals surface area contributed by atoms with Crippen LogP contribution in [0.2, 0.25) is 0 Å². The fourth-order valence-corrected chi connectivity index (χ4v) is 3.34. The zero-order chi connectivity index (χ0) is 21.8. The molecule has 1 heterocycles. The van der Waals surface area contributed by atoms with E-state index in [2.05, 4.69) is 33.2 Å². The molecule has 3 aromatic rings. The van der Waals surface area contributed by atoms with Crippen LogP contribution in [0.4, 0.5) is 8.78 Å². The molecule has 0 spiro atoms. The van der Waals surface area contributed by atoms with Crippen LogP contribution in [-0.2, 0) is 17.9 Å². The van der Waals surface area contributed by atoms with E-state index in [9.17, 15) is 18.4 Å². The van der Waals surface area contributed by atoms with Gasteiger partial charge in [-0.05, 0) is 46.1 Å². The van der Waals surface area contributed by atoms with Gasteiger partial charge < -0.3 is 15.0 Å². The number of hydrogen-bond acceptors (Lipinski definition) is 3. The summed E-state index contributed by atoms with van der Waals surface area (Å²) in [6.07, 6.45) is 0. The smallest absolute Gasteiger partial charge is 0.266 e. The fraction of sp³-hybridized carbons (Fsp3) is 0.136. The highest BCUT2D eigenvalue weighted by molar-refractivity contribution is 9.10. The Hall–Kier alpha value is -3.00. The number of nitrogens with one attached hydrogen (secondary N) is 2. The third-order valence-corrected chi connectivity index (χ3v) is 5.14. The van der Waals surface area contributed by atoms with E-state index < -0.39 is 11.6 Å². The van der Waals surface area contributed by atoms with E-state index in [1.807, 2.05) is 24.3 Å². The second kappa shape index (κ2) is 9.21. The number of aryl methyl sites for hydroxylation is 1. The number of rotatable bonds is 6. The molecule has 30 heavy (non-hydrogen) atoms. The molecule has 1 aromatic heterocycles. The fourth-order valence-electron chi connectivity index (χ4n) is 2.93. The van der Waals surface area contributed by atoms with Gasteiger partial charge in [0.15, 0.2) is 0 Å². The second-order valence-corrected chi connectivity index (χ2v) is 7.39. The Morgan fingerprint density at radius 1 is 1.20 bits per heavy atom. The number of hydrogen-bond donors (Lipinski definition) is 2. The lowest BCUT2D eigenvalue weighted by atomic mass is 10.0. The number of aromatic nitrogens is 1. The van der Waals surface area contributed by atoms with Crippen molar-refractivity contribution in [3.63, 3.8) is 0 Å². The Kier molecular flexibility index (Phi) is 6.66. The molecule has 5 nitrogen and oxygen atoms in total. The first-order chi connectivity index (χ1) is 14.3.